The molecule has 7 heteroatoms. The van der Waals surface area contributed by atoms with Crippen LogP contribution in [-0.2, 0) is 10.1 Å². The number of pyridine rings is 1. The number of nitrogens with zero attached hydrogens (tertiary/aromatic N) is 1. The molecule has 0 bridgehead atoms. The van der Waals surface area contributed by atoms with E-state index in [4.69, 9.17) is 13.7 Å². The van der Waals surface area contributed by atoms with Crippen LogP contribution in [0, 0.1) is 6.92 Å². The van der Waals surface area contributed by atoms with Crippen LogP contribution >= 0.6 is 0 Å². The fraction of sp³-hybridized carbons (Fsp3) is 0.312. The molecule has 0 spiro atoms. The number of benzene rings is 1. The maximum atomic E-state index is 12.6. The molecule has 1 aromatic carbocycles. The summed E-state index contributed by atoms with van der Waals surface area (Å²) in [5.74, 6) is 0.692. The molecule has 0 radical (unpaired) electrons. The van der Waals surface area contributed by atoms with Crippen LogP contribution in [0.3, 0.4) is 0 Å². The third-order valence-corrected chi connectivity index (χ3v) is 4.19. The molecule has 0 unspecified atom stereocenters. The molecule has 0 saturated heterocycles. The highest BCUT2D eigenvalue weighted by Crippen LogP contribution is 2.33. The van der Waals surface area contributed by atoms with E-state index in [9.17, 15) is 8.42 Å². The third kappa shape index (κ3) is 4.13. The van der Waals surface area contributed by atoms with Crippen LogP contribution in [0.5, 0.6) is 17.4 Å². The van der Waals surface area contributed by atoms with Gasteiger partial charge in [-0.15, -0.1) is 0 Å². The van der Waals surface area contributed by atoms with E-state index in [1.54, 1.807) is 25.1 Å². The minimum absolute atomic E-state index is 0.00603. The molecule has 1 heterocycles. The van der Waals surface area contributed by atoms with E-state index in [-0.39, 0.29) is 16.5 Å². The monoisotopic (exact) mass is 337 g/mol. The average Bonchev–Trinajstić information content (AvgIpc) is 2.50. The zero-order valence-electron chi connectivity index (χ0n) is 13.3. The van der Waals surface area contributed by atoms with Crippen molar-refractivity contribution in [3.63, 3.8) is 0 Å². The highest BCUT2D eigenvalue weighted by Gasteiger charge is 2.25. The van der Waals surface area contributed by atoms with Gasteiger partial charge < -0.3 is 13.7 Å². The van der Waals surface area contributed by atoms with Gasteiger partial charge in [-0.2, -0.15) is 8.42 Å². The fourth-order valence-corrected chi connectivity index (χ4v) is 3.00. The van der Waals surface area contributed by atoms with Gasteiger partial charge in [0.25, 0.3) is 0 Å². The van der Waals surface area contributed by atoms with Crippen LogP contribution in [0.4, 0.5) is 0 Å². The van der Waals surface area contributed by atoms with Gasteiger partial charge in [-0.25, -0.2) is 4.98 Å². The predicted molar refractivity (Wildman–Crippen MR) is 85.6 cm³/mol. The van der Waals surface area contributed by atoms with Gasteiger partial charge >= 0.3 is 10.1 Å². The third-order valence-electron chi connectivity index (χ3n) is 2.94. The zero-order chi connectivity index (χ0) is 16.9. The minimum Gasteiger partial charge on any atom is -0.494 e. The topological polar surface area (TPSA) is 74.7 Å². The predicted octanol–water partition coefficient (Wildman–Crippen LogP) is 2.96. The molecule has 0 amide bonds. The second-order valence-corrected chi connectivity index (χ2v) is 6.15. The Hall–Kier alpha value is -2.28. The van der Waals surface area contributed by atoms with Crippen LogP contribution in [0.25, 0.3) is 0 Å². The summed E-state index contributed by atoms with van der Waals surface area (Å²) < 4.78 is 41.1. The number of ether oxygens (including phenoxy) is 2. The van der Waals surface area contributed by atoms with Crippen LogP contribution < -0.4 is 13.7 Å². The summed E-state index contributed by atoms with van der Waals surface area (Å²) in [5.41, 5.74) is 0.784. The molecule has 0 aliphatic carbocycles. The molecule has 0 aliphatic rings. The molecule has 2 rings (SSSR count). The van der Waals surface area contributed by atoms with E-state index in [0.29, 0.717) is 19.0 Å². The van der Waals surface area contributed by atoms with E-state index < -0.39 is 10.1 Å². The molecule has 0 atom stereocenters. The van der Waals surface area contributed by atoms with Gasteiger partial charge in [0.15, 0.2) is 4.90 Å². The van der Waals surface area contributed by atoms with Crippen LogP contribution in [0.2, 0.25) is 0 Å². The van der Waals surface area contributed by atoms with E-state index in [1.807, 2.05) is 13.8 Å². The Bertz CT molecular complexity index is 760. The van der Waals surface area contributed by atoms with Crippen molar-refractivity contribution < 1.29 is 22.1 Å². The molecule has 124 valence electrons. The molecule has 0 fully saturated rings. The lowest BCUT2D eigenvalue weighted by Crippen LogP contribution is -2.13. The smallest absolute Gasteiger partial charge is 0.344 e. The van der Waals surface area contributed by atoms with Crippen molar-refractivity contribution in [2.24, 2.45) is 0 Å². The zero-order valence-corrected chi connectivity index (χ0v) is 14.1. The van der Waals surface area contributed by atoms with Crippen molar-refractivity contribution in [1.29, 1.82) is 0 Å². The van der Waals surface area contributed by atoms with Gasteiger partial charge in [0, 0.05) is 18.3 Å². The number of aromatic nitrogens is 1. The Morgan fingerprint density at radius 2 is 1.74 bits per heavy atom. The Balaban J connectivity index is 2.48. The number of hydrogen-bond acceptors (Lipinski definition) is 6. The molecular weight excluding hydrogens is 318 g/mol. The summed E-state index contributed by atoms with van der Waals surface area (Å²) in [5, 5.41) is 0. The van der Waals surface area contributed by atoms with E-state index >= 15 is 0 Å². The fourth-order valence-electron chi connectivity index (χ4n) is 1.97. The largest absolute Gasteiger partial charge is 0.494 e. The Labute approximate surface area is 136 Å². The standard InChI is InChI=1S/C16H19NO5S/c1-4-20-13-11-15(14(21-5-2)10-12(13)3)23(18,19)22-16-8-6-7-9-17-16/h6-11H,4-5H2,1-3H3. The Kier molecular flexibility index (Phi) is 5.44. The normalized spacial score (nSPS) is 11.1. The summed E-state index contributed by atoms with van der Waals surface area (Å²) in [4.78, 5) is 3.78. The first-order chi connectivity index (χ1) is 11.0. The van der Waals surface area contributed by atoms with Crippen LogP contribution in [0.1, 0.15) is 19.4 Å². The Morgan fingerprint density at radius 3 is 2.35 bits per heavy atom. The van der Waals surface area contributed by atoms with Crippen molar-refractivity contribution in [3.8, 4) is 17.4 Å². The quantitative estimate of drug-likeness (QED) is 0.723. The second kappa shape index (κ2) is 7.32. The van der Waals surface area contributed by atoms with Crippen molar-refractivity contribution >= 4 is 10.1 Å². The minimum atomic E-state index is -4.09. The van der Waals surface area contributed by atoms with Crippen LogP contribution in [-0.4, -0.2) is 26.6 Å². The van der Waals surface area contributed by atoms with Crippen molar-refractivity contribution in [2.75, 3.05) is 13.2 Å². The highest BCUT2D eigenvalue weighted by atomic mass is 32.2. The van der Waals surface area contributed by atoms with E-state index in [2.05, 4.69) is 4.98 Å². The molecule has 0 N–H and O–H groups in total. The average molecular weight is 337 g/mol. The molecule has 23 heavy (non-hydrogen) atoms. The molecule has 2 aromatic rings. The number of rotatable bonds is 7. The number of hydrogen-bond donors (Lipinski definition) is 0. The number of aryl methyl sites for hydroxylation is 1. The maximum absolute atomic E-state index is 12.6. The summed E-state index contributed by atoms with van der Waals surface area (Å²) in [6.45, 7) is 6.19. The molecule has 1 aromatic heterocycles. The van der Waals surface area contributed by atoms with E-state index in [0.717, 1.165) is 5.56 Å². The van der Waals surface area contributed by atoms with Gasteiger partial charge in [0.1, 0.15) is 11.5 Å². The summed E-state index contributed by atoms with van der Waals surface area (Å²) >= 11 is 0. The summed E-state index contributed by atoms with van der Waals surface area (Å²) in [6, 6.07) is 7.83. The molecular formula is C16H19NO5S. The van der Waals surface area contributed by atoms with E-state index in [1.165, 1.54) is 18.3 Å². The molecule has 6 nitrogen and oxygen atoms in total. The lowest BCUT2D eigenvalue weighted by molar-refractivity contribution is 0.319. The lowest BCUT2D eigenvalue weighted by Gasteiger charge is -2.15. The van der Waals surface area contributed by atoms with Crippen LogP contribution in [0.15, 0.2) is 41.4 Å². The summed E-state index contributed by atoms with van der Waals surface area (Å²) in [7, 11) is -4.09. The van der Waals surface area contributed by atoms with Gasteiger partial charge in [0.2, 0.25) is 5.88 Å². The SMILES string of the molecule is CCOc1cc(S(=O)(=O)Oc2ccccn2)c(OCC)cc1C. The maximum Gasteiger partial charge on any atom is 0.344 e. The molecule has 0 saturated carbocycles. The summed E-state index contributed by atoms with van der Waals surface area (Å²) in [6.07, 6.45) is 1.45. The lowest BCUT2D eigenvalue weighted by atomic mass is 10.2. The Morgan fingerprint density at radius 1 is 1.04 bits per heavy atom. The first-order valence-electron chi connectivity index (χ1n) is 7.23. The van der Waals surface area contributed by atoms with Crippen molar-refractivity contribution in [3.05, 3.63) is 42.1 Å². The highest BCUT2D eigenvalue weighted by molar-refractivity contribution is 7.87. The van der Waals surface area contributed by atoms with Crippen molar-refractivity contribution in [1.82, 2.24) is 4.98 Å². The first-order valence-corrected chi connectivity index (χ1v) is 8.64. The van der Waals surface area contributed by atoms with Crippen molar-refractivity contribution in [2.45, 2.75) is 25.7 Å². The first kappa shape index (κ1) is 17.1. The van der Waals surface area contributed by atoms with Gasteiger partial charge in [-0.1, -0.05) is 6.07 Å². The second-order valence-electron chi connectivity index (χ2n) is 4.64. The van der Waals surface area contributed by atoms with Gasteiger partial charge in [0.05, 0.1) is 13.2 Å². The van der Waals surface area contributed by atoms with Gasteiger partial charge in [-0.3, -0.25) is 0 Å². The van der Waals surface area contributed by atoms with Gasteiger partial charge in [-0.05, 0) is 38.5 Å². The molecule has 0 aliphatic heterocycles.